The first-order valence-corrected chi connectivity index (χ1v) is 20.4. The van der Waals surface area contributed by atoms with E-state index in [4.69, 9.17) is 28.1 Å². The van der Waals surface area contributed by atoms with Gasteiger partial charge in [-0.05, 0) is 78.9 Å². The number of hydrogen-bond donors (Lipinski definition) is 1. The molecule has 3 aromatic carbocycles. The number of methoxy groups -OCH3 is 2. The van der Waals surface area contributed by atoms with Crippen molar-refractivity contribution in [3.05, 3.63) is 128 Å². The summed E-state index contributed by atoms with van der Waals surface area (Å²) in [5.41, 5.74) is -0.00718. The van der Waals surface area contributed by atoms with Crippen molar-refractivity contribution in [1.82, 2.24) is 9.55 Å². The third-order valence-corrected chi connectivity index (χ3v) is 15.3. The van der Waals surface area contributed by atoms with E-state index in [2.05, 4.69) is 51.0 Å². The minimum atomic E-state index is -2.45. The Morgan fingerprint density at radius 2 is 1.45 bits per heavy atom. The van der Waals surface area contributed by atoms with Gasteiger partial charge in [0, 0.05) is 18.4 Å². The molecule has 0 aliphatic carbocycles. The van der Waals surface area contributed by atoms with Crippen molar-refractivity contribution < 1.29 is 28.1 Å². The van der Waals surface area contributed by atoms with Crippen molar-refractivity contribution in [2.45, 2.75) is 88.3 Å². The predicted octanol–water partition coefficient (Wildman–Crippen LogP) is 6.71. The van der Waals surface area contributed by atoms with Gasteiger partial charge >= 0.3 is 5.69 Å². The number of benzene rings is 3. The van der Waals surface area contributed by atoms with Crippen molar-refractivity contribution in [2.75, 3.05) is 27.4 Å². The third-order valence-electron chi connectivity index (χ3n) is 10.9. The van der Waals surface area contributed by atoms with Crippen LogP contribution in [0.1, 0.15) is 62.1 Å². The predicted molar refractivity (Wildman–Crippen MR) is 198 cm³/mol. The summed E-state index contributed by atoms with van der Waals surface area (Å²) in [6.07, 6.45) is 0.850. The molecule has 2 fully saturated rings. The molecular formula is C40H50N2O8Si. The lowest BCUT2D eigenvalue weighted by Crippen LogP contribution is -2.56. The maximum atomic E-state index is 13.4. The molecule has 0 unspecified atom stereocenters. The number of nitrogens with one attached hydrogen (secondary N) is 1. The van der Waals surface area contributed by atoms with Crippen LogP contribution in [0, 0.1) is 6.92 Å². The molecule has 1 aromatic heterocycles. The summed E-state index contributed by atoms with van der Waals surface area (Å²) in [5, 5.41) is -0.123. The highest BCUT2D eigenvalue weighted by Crippen LogP contribution is 2.52. The number of aromatic nitrogens is 2. The molecule has 0 amide bonds. The summed E-state index contributed by atoms with van der Waals surface area (Å²) in [6.45, 7) is 13.3. The molecule has 51 heavy (non-hydrogen) atoms. The van der Waals surface area contributed by atoms with Crippen molar-refractivity contribution in [3.63, 3.8) is 0 Å². The van der Waals surface area contributed by atoms with Crippen LogP contribution >= 0.6 is 0 Å². The number of hydrogen-bond acceptors (Lipinski definition) is 8. The topological polar surface area (TPSA) is 110 Å². The SMILES string of the molecule is COc1ccc(C(OC[C@H]2O[C@@H](n3cc(C)c(=O)[nH]c3=O)[C@@]3(CCCO3)[C@@H]2O[Si](C)(C)C(C)(C)C)(c2ccccc2)c2ccc(OC)cc2)cc1. The Hall–Kier alpha value is -4.00. The molecule has 0 bridgehead atoms. The molecule has 3 heterocycles. The summed E-state index contributed by atoms with van der Waals surface area (Å²) >= 11 is 0. The van der Waals surface area contributed by atoms with Gasteiger partial charge in [0.15, 0.2) is 14.5 Å². The molecule has 2 aliphatic heterocycles. The van der Waals surface area contributed by atoms with Gasteiger partial charge in [0.25, 0.3) is 5.56 Å². The fraction of sp³-hybridized carbons (Fsp3) is 0.450. The molecule has 1 N–H and O–H groups in total. The zero-order valence-electron chi connectivity index (χ0n) is 30.9. The van der Waals surface area contributed by atoms with Gasteiger partial charge in [0.05, 0.1) is 20.8 Å². The molecule has 6 rings (SSSR count). The minimum absolute atomic E-state index is 0.0882. The van der Waals surface area contributed by atoms with E-state index in [9.17, 15) is 9.59 Å². The fourth-order valence-electron chi connectivity index (χ4n) is 7.05. The van der Waals surface area contributed by atoms with Crippen molar-refractivity contribution in [3.8, 4) is 11.5 Å². The van der Waals surface area contributed by atoms with Gasteiger partial charge < -0.3 is 28.1 Å². The van der Waals surface area contributed by atoms with Gasteiger partial charge in [0.1, 0.15) is 34.9 Å². The third kappa shape index (κ3) is 6.73. The standard InChI is InChI=1S/C40H50N2O8Si/c1-27-25-42(37(44)41-35(27)43)36-39(23-12-24-47-39)34(50-51(7,8)38(2,3)4)33(49-36)26-48-40(28-13-10-9-11-14-28,29-15-19-31(45-5)20-16-29)30-17-21-32(46-6)22-18-30/h9-11,13-22,25,33-34,36H,12,23-24,26H2,1-8H3,(H,41,43,44)/t33-,34-,36-,39-/m1/s1. The van der Waals surface area contributed by atoms with Crippen LogP contribution in [0.25, 0.3) is 0 Å². The average Bonchev–Trinajstić information content (AvgIpc) is 3.72. The van der Waals surface area contributed by atoms with Crippen LogP contribution in [-0.4, -0.2) is 63.1 Å². The number of rotatable bonds is 11. The maximum absolute atomic E-state index is 13.4. The van der Waals surface area contributed by atoms with Gasteiger partial charge in [-0.15, -0.1) is 0 Å². The Kier molecular flexibility index (Phi) is 10.2. The lowest BCUT2D eigenvalue weighted by molar-refractivity contribution is -0.122. The highest BCUT2D eigenvalue weighted by molar-refractivity contribution is 6.74. The van der Waals surface area contributed by atoms with E-state index >= 15 is 0 Å². The van der Waals surface area contributed by atoms with E-state index in [-0.39, 0.29) is 11.6 Å². The summed E-state index contributed by atoms with van der Waals surface area (Å²) in [7, 11) is 0.844. The second-order valence-electron chi connectivity index (χ2n) is 15.0. The first-order chi connectivity index (χ1) is 24.3. The Bertz CT molecular complexity index is 1860. The van der Waals surface area contributed by atoms with Crippen molar-refractivity contribution in [2.24, 2.45) is 0 Å². The maximum Gasteiger partial charge on any atom is 0.330 e. The number of nitrogens with zero attached hydrogens (tertiary/aromatic N) is 1. The summed E-state index contributed by atoms with van der Waals surface area (Å²) in [4.78, 5) is 28.4. The molecule has 4 atom stereocenters. The van der Waals surface area contributed by atoms with Crippen molar-refractivity contribution in [1.29, 1.82) is 0 Å². The van der Waals surface area contributed by atoms with E-state index in [0.29, 0.717) is 18.6 Å². The van der Waals surface area contributed by atoms with E-state index < -0.39 is 49.2 Å². The Balaban J connectivity index is 1.51. The fourth-order valence-corrected chi connectivity index (χ4v) is 8.39. The second-order valence-corrected chi connectivity index (χ2v) is 19.8. The average molecular weight is 715 g/mol. The number of aromatic amines is 1. The highest BCUT2D eigenvalue weighted by Gasteiger charge is 2.63. The molecule has 4 aromatic rings. The van der Waals surface area contributed by atoms with Crippen LogP contribution in [0.4, 0.5) is 0 Å². The van der Waals surface area contributed by atoms with E-state index in [1.807, 2.05) is 66.7 Å². The molecule has 11 heteroatoms. The number of H-pyrrole nitrogens is 1. The molecule has 2 saturated heterocycles. The van der Waals surface area contributed by atoms with Crippen LogP contribution in [0.2, 0.25) is 18.1 Å². The Labute approximate surface area is 300 Å². The van der Waals surface area contributed by atoms with E-state index in [1.165, 1.54) is 4.57 Å². The van der Waals surface area contributed by atoms with E-state index in [0.717, 1.165) is 34.6 Å². The highest BCUT2D eigenvalue weighted by atomic mass is 28.4. The lowest BCUT2D eigenvalue weighted by Gasteiger charge is -2.44. The second kappa shape index (κ2) is 14.2. The molecule has 0 saturated carbocycles. The molecule has 0 radical (unpaired) electrons. The Morgan fingerprint density at radius 3 is 1.96 bits per heavy atom. The lowest BCUT2D eigenvalue weighted by atomic mass is 9.80. The van der Waals surface area contributed by atoms with Crippen LogP contribution in [0.3, 0.4) is 0 Å². The molecule has 2 aliphatic rings. The first kappa shape index (κ1) is 36.8. The summed E-state index contributed by atoms with van der Waals surface area (Å²) in [6, 6.07) is 25.9. The van der Waals surface area contributed by atoms with Gasteiger partial charge in [-0.1, -0.05) is 75.4 Å². The molecule has 1 spiro atoms. The summed E-state index contributed by atoms with van der Waals surface area (Å²) < 4.78 is 40.8. The van der Waals surface area contributed by atoms with Gasteiger partial charge in [-0.25, -0.2) is 4.79 Å². The van der Waals surface area contributed by atoms with Crippen molar-refractivity contribution >= 4 is 8.32 Å². The minimum Gasteiger partial charge on any atom is -0.497 e. The normalized spacial score (nSPS) is 22.4. The quantitative estimate of drug-likeness (QED) is 0.135. The van der Waals surface area contributed by atoms with Crippen LogP contribution < -0.4 is 20.7 Å². The monoisotopic (exact) mass is 714 g/mol. The first-order valence-electron chi connectivity index (χ1n) is 17.5. The van der Waals surface area contributed by atoms with Crippen LogP contribution in [0.5, 0.6) is 11.5 Å². The number of aryl methyl sites for hydroxylation is 1. The Morgan fingerprint density at radius 1 is 0.882 bits per heavy atom. The van der Waals surface area contributed by atoms with Crippen LogP contribution in [-0.2, 0) is 24.2 Å². The smallest absolute Gasteiger partial charge is 0.330 e. The van der Waals surface area contributed by atoms with Gasteiger partial charge in [-0.2, -0.15) is 0 Å². The summed E-state index contributed by atoms with van der Waals surface area (Å²) in [5.74, 6) is 1.45. The van der Waals surface area contributed by atoms with Gasteiger partial charge in [0.2, 0.25) is 0 Å². The van der Waals surface area contributed by atoms with Crippen LogP contribution in [0.15, 0.2) is 94.6 Å². The zero-order chi connectivity index (χ0) is 36.6. The number of ether oxygens (including phenoxy) is 5. The molecular weight excluding hydrogens is 665 g/mol. The molecule has 272 valence electrons. The van der Waals surface area contributed by atoms with Gasteiger partial charge in [-0.3, -0.25) is 14.3 Å². The van der Waals surface area contributed by atoms with E-state index in [1.54, 1.807) is 27.3 Å². The zero-order valence-corrected chi connectivity index (χ0v) is 31.9. The largest absolute Gasteiger partial charge is 0.497 e. The molecule has 10 nitrogen and oxygen atoms in total.